The Balaban J connectivity index is 1.47. The standard InChI is InChI=1S/C19H19F2N3O2/c20-16(21)18-1-3-19(10-18,4-2-18)17(25)24-9-12-5-14(24)13-8-23-7-11(6-22)15(13)26-12/h7-8,12,14,16H,1-5,9-10H2/t12-,14-,18?,19?/m0/s1. The largest absolute Gasteiger partial charge is 0.487 e. The quantitative estimate of drug-likeness (QED) is 0.813. The number of ether oxygens (including phenoxy) is 1. The average Bonchev–Trinajstić information content (AvgIpc) is 3.33. The van der Waals surface area contributed by atoms with E-state index in [1.165, 1.54) is 6.20 Å². The van der Waals surface area contributed by atoms with Crippen molar-refractivity contribution >= 4 is 5.91 Å². The highest BCUT2D eigenvalue weighted by molar-refractivity contribution is 5.85. The Hall–Kier alpha value is -2.23. The second kappa shape index (κ2) is 5.15. The van der Waals surface area contributed by atoms with Gasteiger partial charge in [0.25, 0.3) is 0 Å². The third-order valence-corrected chi connectivity index (χ3v) is 7.02. The Labute approximate surface area is 149 Å². The summed E-state index contributed by atoms with van der Waals surface area (Å²) in [4.78, 5) is 19.4. The topological polar surface area (TPSA) is 66.2 Å². The van der Waals surface area contributed by atoms with Gasteiger partial charge in [-0.2, -0.15) is 5.26 Å². The van der Waals surface area contributed by atoms with E-state index in [1.54, 1.807) is 6.20 Å². The number of nitrogens with zero attached hydrogens (tertiary/aromatic N) is 3. The van der Waals surface area contributed by atoms with Crippen LogP contribution in [0.1, 0.15) is 55.7 Å². The molecule has 4 bridgehead atoms. The zero-order chi connectivity index (χ0) is 18.1. The molecule has 2 aliphatic carbocycles. The molecule has 1 aromatic heterocycles. The van der Waals surface area contributed by atoms with E-state index in [1.807, 2.05) is 4.90 Å². The predicted molar refractivity (Wildman–Crippen MR) is 86.4 cm³/mol. The lowest BCUT2D eigenvalue weighted by molar-refractivity contribution is -0.142. The van der Waals surface area contributed by atoms with Gasteiger partial charge in [-0.3, -0.25) is 9.78 Å². The summed E-state index contributed by atoms with van der Waals surface area (Å²) in [5.74, 6) is 0.514. The Bertz CT molecular complexity index is 827. The van der Waals surface area contributed by atoms with Gasteiger partial charge in [0.2, 0.25) is 12.3 Å². The number of aromatic nitrogens is 1. The van der Waals surface area contributed by atoms with Crippen LogP contribution in [0.2, 0.25) is 0 Å². The highest BCUT2D eigenvalue weighted by atomic mass is 19.3. The van der Waals surface area contributed by atoms with Crippen molar-refractivity contribution in [2.24, 2.45) is 10.8 Å². The van der Waals surface area contributed by atoms with Gasteiger partial charge in [-0.05, 0) is 32.1 Å². The zero-order valence-corrected chi connectivity index (χ0v) is 14.3. The van der Waals surface area contributed by atoms with Crippen LogP contribution in [0.15, 0.2) is 12.4 Å². The first-order valence-corrected chi connectivity index (χ1v) is 9.12. The third-order valence-electron chi connectivity index (χ3n) is 7.02. The first-order valence-electron chi connectivity index (χ1n) is 9.12. The molecule has 5 rings (SSSR count). The molecule has 26 heavy (non-hydrogen) atoms. The number of carbonyl (C=O) groups excluding carboxylic acids is 1. The van der Waals surface area contributed by atoms with Crippen molar-refractivity contribution in [1.82, 2.24) is 9.88 Å². The maximum absolute atomic E-state index is 13.5. The molecule has 5 nitrogen and oxygen atoms in total. The van der Waals surface area contributed by atoms with E-state index in [0.29, 0.717) is 56.4 Å². The van der Waals surface area contributed by atoms with E-state index in [9.17, 15) is 18.8 Å². The first-order chi connectivity index (χ1) is 12.5. The van der Waals surface area contributed by atoms with Crippen LogP contribution in [-0.2, 0) is 4.79 Å². The van der Waals surface area contributed by atoms with E-state index in [2.05, 4.69) is 11.1 Å². The minimum atomic E-state index is -2.36. The fourth-order valence-electron chi connectivity index (χ4n) is 5.63. The molecule has 1 saturated heterocycles. The summed E-state index contributed by atoms with van der Waals surface area (Å²) in [5, 5.41) is 9.28. The summed E-state index contributed by atoms with van der Waals surface area (Å²) in [7, 11) is 0. The molecule has 1 amide bonds. The Kier molecular flexibility index (Phi) is 3.17. The van der Waals surface area contributed by atoms with Crippen LogP contribution < -0.4 is 4.74 Å². The molecule has 7 heteroatoms. The van der Waals surface area contributed by atoms with Crippen LogP contribution in [0.4, 0.5) is 8.78 Å². The third kappa shape index (κ3) is 1.93. The number of amides is 1. The number of pyridine rings is 1. The maximum atomic E-state index is 13.5. The lowest BCUT2D eigenvalue weighted by Crippen LogP contribution is -2.41. The smallest absolute Gasteiger partial charge is 0.244 e. The summed E-state index contributed by atoms with van der Waals surface area (Å²) in [6.45, 7) is 0.451. The summed E-state index contributed by atoms with van der Waals surface area (Å²) < 4.78 is 33.0. The molecular weight excluding hydrogens is 340 g/mol. The van der Waals surface area contributed by atoms with Gasteiger partial charge in [0.1, 0.15) is 23.5 Å². The minimum absolute atomic E-state index is 0.0103. The number of likely N-dealkylation sites (tertiary alicyclic amines) is 1. The molecule has 0 spiro atoms. The molecule has 3 fully saturated rings. The Morgan fingerprint density at radius 2 is 2.12 bits per heavy atom. The summed E-state index contributed by atoms with van der Waals surface area (Å²) >= 11 is 0. The number of carbonyl (C=O) groups is 1. The number of hydrogen-bond donors (Lipinski definition) is 0. The van der Waals surface area contributed by atoms with Gasteiger partial charge < -0.3 is 9.64 Å². The van der Waals surface area contributed by atoms with Crippen molar-refractivity contribution in [1.29, 1.82) is 5.26 Å². The highest BCUT2D eigenvalue weighted by Gasteiger charge is 2.63. The maximum Gasteiger partial charge on any atom is 0.244 e. The fourth-order valence-corrected chi connectivity index (χ4v) is 5.63. The van der Waals surface area contributed by atoms with Crippen molar-refractivity contribution in [3.8, 4) is 11.8 Å². The van der Waals surface area contributed by atoms with Gasteiger partial charge in [0, 0.05) is 29.8 Å². The predicted octanol–water partition coefficient (Wildman–Crippen LogP) is 3.20. The van der Waals surface area contributed by atoms with Crippen molar-refractivity contribution in [2.45, 2.75) is 57.1 Å². The summed E-state index contributed by atoms with van der Waals surface area (Å²) in [6.07, 6.45) is 3.57. The van der Waals surface area contributed by atoms with Gasteiger partial charge in [-0.25, -0.2) is 8.78 Å². The molecule has 1 aromatic rings. The molecule has 2 aliphatic heterocycles. The molecule has 0 unspecified atom stereocenters. The molecule has 0 aromatic carbocycles. The van der Waals surface area contributed by atoms with Crippen molar-refractivity contribution in [3.63, 3.8) is 0 Å². The molecule has 0 N–H and O–H groups in total. The van der Waals surface area contributed by atoms with Crippen LogP contribution >= 0.6 is 0 Å². The molecule has 0 radical (unpaired) electrons. The van der Waals surface area contributed by atoms with Crippen molar-refractivity contribution in [3.05, 3.63) is 23.5 Å². The molecule has 2 atom stereocenters. The SMILES string of the molecule is N#Cc1cncc2c1O[C@H]1C[C@@H]2N(C(=O)C23CCC(C(F)F)(CC2)C3)C1. The lowest BCUT2D eigenvalue weighted by atomic mass is 9.81. The van der Waals surface area contributed by atoms with Crippen LogP contribution in [0.5, 0.6) is 5.75 Å². The molecular formula is C19H19F2N3O2. The number of nitriles is 1. The summed E-state index contributed by atoms with van der Waals surface area (Å²) in [5.41, 5.74) is -0.468. The molecule has 4 aliphatic rings. The zero-order valence-electron chi connectivity index (χ0n) is 14.3. The number of alkyl halides is 2. The monoisotopic (exact) mass is 359 g/mol. The van der Waals surface area contributed by atoms with E-state index < -0.39 is 17.3 Å². The van der Waals surface area contributed by atoms with Crippen molar-refractivity contribution in [2.75, 3.05) is 6.54 Å². The summed E-state index contributed by atoms with van der Waals surface area (Å²) in [6, 6.07) is 1.92. The molecule has 136 valence electrons. The van der Waals surface area contributed by atoms with Crippen LogP contribution in [0.25, 0.3) is 0 Å². The average molecular weight is 359 g/mol. The molecule has 3 heterocycles. The van der Waals surface area contributed by atoms with Crippen LogP contribution in [0, 0.1) is 22.2 Å². The van der Waals surface area contributed by atoms with E-state index in [4.69, 9.17) is 4.74 Å². The second-order valence-corrected chi connectivity index (χ2v) is 8.29. The number of rotatable bonds is 2. The van der Waals surface area contributed by atoms with Gasteiger partial charge in [0.05, 0.1) is 18.0 Å². The Morgan fingerprint density at radius 1 is 1.35 bits per heavy atom. The second-order valence-electron chi connectivity index (χ2n) is 8.29. The van der Waals surface area contributed by atoms with E-state index in [0.717, 1.165) is 5.56 Å². The van der Waals surface area contributed by atoms with Crippen LogP contribution in [0.3, 0.4) is 0 Å². The van der Waals surface area contributed by atoms with E-state index in [-0.39, 0.29) is 18.1 Å². The number of halogens is 2. The number of fused-ring (bicyclic) bond motifs is 6. The van der Waals surface area contributed by atoms with Gasteiger partial charge in [-0.1, -0.05) is 0 Å². The van der Waals surface area contributed by atoms with Crippen molar-refractivity contribution < 1.29 is 18.3 Å². The van der Waals surface area contributed by atoms with Gasteiger partial charge in [0.15, 0.2) is 0 Å². The lowest BCUT2D eigenvalue weighted by Gasteiger charge is -2.34. The van der Waals surface area contributed by atoms with Gasteiger partial charge >= 0.3 is 0 Å². The van der Waals surface area contributed by atoms with Gasteiger partial charge in [-0.15, -0.1) is 0 Å². The first kappa shape index (κ1) is 16.0. The van der Waals surface area contributed by atoms with E-state index >= 15 is 0 Å². The Morgan fingerprint density at radius 3 is 2.77 bits per heavy atom. The normalized spacial score (nSPS) is 36.8. The highest BCUT2D eigenvalue weighted by Crippen LogP contribution is 2.65. The number of hydrogen-bond acceptors (Lipinski definition) is 4. The minimum Gasteiger partial charge on any atom is -0.487 e. The fraction of sp³-hybridized carbons (Fsp3) is 0.632. The van der Waals surface area contributed by atoms with Crippen LogP contribution in [-0.4, -0.2) is 34.9 Å². The molecule has 2 saturated carbocycles.